The number of hydrogen-bond acceptors (Lipinski definition) is 4. The van der Waals surface area contributed by atoms with E-state index < -0.39 is 51.8 Å². The first-order valence-corrected chi connectivity index (χ1v) is 14.0. The Morgan fingerprint density at radius 1 is 0.909 bits per heavy atom. The maximum Gasteiger partial charge on any atom is 0.416 e. The van der Waals surface area contributed by atoms with Crippen molar-refractivity contribution in [1.29, 1.82) is 0 Å². The van der Waals surface area contributed by atoms with Gasteiger partial charge in [-0.1, -0.05) is 6.07 Å². The van der Waals surface area contributed by atoms with E-state index >= 15 is 0 Å². The number of pyridine rings is 1. The van der Waals surface area contributed by atoms with Crippen LogP contribution in [0.1, 0.15) is 62.8 Å². The Balaban J connectivity index is 1.85. The maximum atomic E-state index is 14.1. The molecule has 1 aliphatic rings. The summed E-state index contributed by atoms with van der Waals surface area (Å²) in [6.45, 7) is 8.17. The van der Waals surface area contributed by atoms with Crippen LogP contribution in [0.4, 0.5) is 42.2 Å². The highest BCUT2D eigenvalue weighted by atomic mass is 19.4. The van der Waals surface area contributed by atoms with Crippen LogP contribution in [-0.2, 0) is 22.6 Å². The van der Waals surface area contributed by atoms with Gasteiger partial charge in [0.15, 0.2) is 0 Å². The number of carbonyl (C=O) groups excluding carboxylic acids is 1. The number of rotatable bonds is 6. The third-order valence-electron chi connectivity index (χ3n) is 8.22. The molecule has 4 rings (SSSR count). The van der Waals surface area contributed by atoms with Crippen molar-refractivity contribution in [2.24, 2.45) is 0 Å². The van der Waals surface area contributed by atoms with Crippen molar-refractivity contribution in [3.8, 4) is 11.1 Å². The number of aliphatic hydroxyl groups is 1. The van der Waals surface area contributed by atoms with E-state index in [0.29, 0.717) is 47.6 Å². The highest BCUT2D eigenvalue weighted by Gasteiger charge is 2.42. The molecule has 0 unspecified atom stereocenters. The fourth-order valence-corrected chi connectivity index (χ4v) is 5.75. The summed E-state index contributed by atoms with van der Waals surface area (Å²) in [5, 5.41) is 10.8. The van der Waals surface area contributed by atoms with Crippen molar-refractivity contribution in [1.82, 2.24) is 4.98 Å². The Hall–Kier alpha value is -3.67. The zero-order chi connectivity index (χ0) is 33.0. The molecule has 0 radical (unpaired) electrons. The van der Waals surface area contributed by atoms with Gasteiger partial charge in [-0.05, 0) is 101 Å². The second kappa shape index (κ2) is 11.4. The van der Waals surface area contributed by atoms with Gasteiger partial charge in [-0.15, -0.1) is 0 Å². The molecule has 0 saturated carbocycles. The monoisotopic (exact) mass is 625 g/mol. The van der Waals surface area contributed by atoms with E-state index in [1.165, 1.54) is 45.3 Å². The van der Waals surface area contributed by atoms with Gasteiger partial charge in [0, 0.05) is 19.2 Å². The number of hydrogen-bond donors (Lipinski definition) is 1. The number of alkyl halides is 6. The molecule has 0 bridgehead atoms. The molecule has 1 N–H and O–H groups in total. The van der Waals surface area contributed by atoms with E-state index in [9.17, 15) is 40.6 Å². The lowest BCUT2D eigenvalue weighted by molar-refractivity contribution is -0.143. The van der Waals surface area contributed by atoms with Crippen LogP contribution in [0.5, 0.6) is 0 Å². The normalized spacial score (nSPS) is 16.4. The number of anilines is 2. The molecule has 0 aliphatic carbocycles. The van der Waals surface area contributed by atoms with Crippen molar-refractivity contribution in [2.75, 3.05) is 23.4 Å². The Kier molecular flexibility index (Phi) is 8.58. The topological polar surface area (TPSA) is 56.7 Å². The molecule has 44 heavy (non-hydrogen) atoms. The van der Waals surface area contributed by atoms with E-state index in [-0.39, 0.29) is 17.8 Å². The standard InChI is InChI=1S/C32H34F7N3O2/c1-18-12-22(33)9-10-23(18)24-16-27(42-11-7-8-26(42)30(4,5)44)40-17-25(24)41(6)28(43)29(2,3)19-13-20(31(34,35)36)15-21(14-19)32(37,38)39/h9-10,12-17,26,44H,7-8,11H2,1-6H3/t26-/m0/s1. The first kappa shape index (κ1) is 33.2. The van der Waals surface area contributed by atoms with Gasteiger partial charge < -0.3 is 14.9 Å². The lowest BCUT2D eigenvalue weighted by Gasteiger charge is -2.35. The molecule has 238 valence electrons. The summed E-state index contributed by atoms with van der Waals surface area (Å²) in [6.07, 6.45) is -7.25. The van der Waals surface area contributed by atoms with Crippen LogP contribution >= 0.6 is 0 Å². The van der Waals surface area contributed by atoms with Crippen LogP contribution < -0.4 is 9.80 Å². The van der Waals surface area contributed by atoms with Crippen molar-refractivity contribution in [3.63, 3.8) is 0 Å². The predicted octanol–water partition coefficient (Wildman–Crippen LogP) is 7.91. The van der Waals surface area contributed by atoms with Gasteiger partial charge in [0.2, 0.25) is 5.91 Å². The van der Waals surface area contributed by atoms with Gasteiger partial charge in [0.1, 0.15) is 11.6 Å². The summed E-state index contributed by atoms with van der Waals surface area (Å²) >= 11 is 0. The lowest BCUT2D eigenvalue weighted by atomic mass is 9.81. The zero-order valence-electron chi connectivity index (χ0n) is 25.2. The molecule has 2 heterocycles. The fourth-order valence-electron chi connectivity index (χ4n) is 5.75. The third-order valence-corrected chi connectivity index (χ3v) is 8.22. The smallest absolute Gasteiger partial charge is 0.388 e. The molecular weight excluding hydrogens is 591 g/mol. The summed E-state index contributed by atoms with van der Waals surface area (Å²) in [5.74, 6) is -0.791. The van der Waals surface area contributed by atoms with Crippen LogP contribution in [0, 0.1) is 12.7 Å². The molecule has 1 aromatic heterocycles. The highest BCUT2D eigenvalue weighted by molar-refractivity contribution is 6.03. The van der Waals surface area contributed by atoms with Gasteiger partial charge in [-0.25, -0.2) is 9.37 Å². The molecule has 1 aliphatic heterocycles. The number of nitrogens with zero attached hydrogens (tertiary/aromatic N) is 3. The minimum Gasteiger partial charge on any atom is -0.388 e. The first-order chi connectivity index (χ1) is 20.1. The second-order valence-corrected chi connectivity index (χ2v) is 12.3. The number of benzene rings is 2. The molecule has 3 aromatic rings. The molecule has 1 atom stereocenters. The highest BCUT2D eigenvalue weighted by Crippen LogP contribution is 2.42. The Labute approximate surface area is 251 Å². The average molecular weight is 626 g/mol. The van der Waals surface area contributed by atoms with E-state index in [2.05, 4.69) is 4.98 Å². The number of aromatic nitrogens is 1. The minimum atomic E-state index is -5.08. The number of aryl methyl sites for hydroxylation is 1. The average Bonchev–Trinajstić information content (AvgIpc) is 3.42. The predicted molar refractivity (Wildman–Crippen MR) is 154 cm³/mol. The van der Waals surface area contributed by atoms with Crippen molar-refractivity contribution in [2.45, 2.75) is 76.9 Å². The molecule has 2 aromatic carbocycles. The molecule has 12 heteroatoms. The summed E-state index contributed by atoms with van der Waals surface area (Å²) < 4.78 is 95.7. The van der Waals surface area contributed by atoms with Crippen LogP contribution in [0.25, 0.3) is 11.1 Å². The van der Waals surface area contributed by atoms with E-state index in [1.54, 1.807) is 26.8 Å². The molecule has 0 spiro atoms. The molecule has 1 fully saturated rings. The SMILES string of the molecule is Cc1cc(F)ccc1-c1cc(N2CCC[C@H]2C(C)(C)O)ncc1N(C)C(=O)C(C)(C)c1cc(C(F)(F)F)cc(C(F)(F)F)c1. The molecule has 1 saturated heterocycles. The number of amides is 1. The van der Waals surface area contributed by atoms with Crippen molar-refractivity contribution >= 4 is 17.4 Å². The summed E-state index contributed by atoms with van der Waals surface area (Å²) in [7, 11) is 1.36. The Morgan fingerprint density at radius 2 is 1.48 bits per heavy atom. The van der Waals surface area contributed by atoms with Gasteiger partial charge in [-0.2, -0.15) is 26.3 Å². The van der Waals surface area contributed by atoms with Gasteiger partial charge in [0.05, 0.1) is 40.1 Å². The first-order valence-electron chi connectivity index (χ1n) is 14.0. The van der Waals surface area contributed by atoms with Gasteiger partial charge >= 0.3 is 12.4 Å². The Morgan fingerprint density at radius 3 is 2.00 bits per heavy atom. The summed E-state index contributed by atoms with van der Waals surface area (Å²) in [6, 6.07) is 6.64. The third kappa shape index (κ3) is 6.55. The Bertz CT molecular complexity index is 1530. The largest absolute Gasteiger partial charge is 0.416 e. The summed E-state index contributed by atoms with van der Waals surface area (Å²) in [5.41, 5.74) is -4.69. The van der Waals surface area contributed by atoms with Crippen LogP contribution in [0.3, 0.4) is 0 Å². The quantitative estimate of drug-likeness (QED) is 0.283. The van der Waals surface area contributed by atoms with Crippen LogP contribution in [0.15, 0.2) is 48.7 Å². The maximum absolute atomic E-state index is 14.1. The number of halogens is 7. The lowest BCUT2D eigenvalue weighted by Crippen LogP contribution is -2.46. The van der Waals surface area contributed by atoms with E-state index in [4.69, 9.17) is 0 Å². The zero-order valence-corrected chi connectivity index (χ0v) is 25.2. The van der Waals surface area contributed by atoms with Crippen molar-refractivity contribution < 1.29 is 40.6 Å². The van der Waals surface area contributed by atoms with E-state index in [0.717, 1.165) is 11.3 Å². The molecule has 1 amide bonds. The van der Waals surface area contributed by atoms with E-state index in [1.807, 2.05) is 4.90 Å². The summed E-state index contributed by atoms with van der Waals surface area (Å²) in [4.78, 5) is 21.6. The molecular formula is C32H34F7N3O2. The number of likely N-dealkylation sites (N-methyl/N-ethyl adjacent to an activating group) is 1. The molecule has 5 nitrogen and oxygen atoms in total. The van der Waals surface area contributed by atoms with Crippen molar-refractivity contribution in [3.05, 3.63) is 76.7 Å². The van der Waals surface area contributed by atoms with Gasteiger partial charge in [-0.3, -0.25) is 4.79 Å². The van der Waals surface area contributed by atoms with Gasteiger partial charge in [0.25, 0.3) is 0 Å². The minimum absolute atomic E-state index is 0.0190. The number of carbonyl (C=O) groups is 1. The second-order valence-electron chi connectivity index (χ2n) is 12.3. The fraction of sp³-hybridized carbons (Fsp3) is 0.438. The van der Waals surface area contributed by atoms with Crippen LogP contribution in [-0.4, -0.2) is 41.2 Å². The van der Waals surface area contributed by atoms with Crippen LogP contribution in [0.2, 0.25) is 0 Å².